The lowest BCUT2D eigenvalue weighted by atomic mass is 9.94. The maximum Gasteiger partial charge on any atom is 0.416 e. The molecule has 1 saturated heterocycles. The number of halogens is 3. The summed E-state index contributed by atoms with van der Waals surface area (Å²) in [7, 11) is 0. The first-order chi connectivity index (χ1) is 12.9. The van der Waals surface area contributed by atoms with Crippen molar-refractivity contribution in [3.05, 3.63) is 48.2 Å². The average Bonchev–Trinajstić information content (AvgIpc) is 3.10. The molecule has 1 aromatic heterocycles. The number of rotatable bonds is 4. The summed E-state index contributed by atoms with van der Waals surface area (Å²) in [5.74, 6) is 4.89. The van der Waals surface area contributed by atoms with Gasteiger partial charge in [-0.3, -0.25) is 4.79 Å². The molecule has 27 heavy (non-hydrogen) atoms. The molecule has 0 spiro atoms. The van der Waals surface area contributed by atoms with Crippen LogP contribution in [0.2, 0.25) is 0 Å². The van der Waals surface area contributed by atoms with E-state index in [9.17, 15) is 18.0 Å². The minimum absolute atomic E-state index is 0.135. The zero-order valence-corrected chi connectivity index (χ0v) is 14.2. The molecule has 1 aliphatic rings. The molecule has 1 aliphatic heterocycles. The summed E-state index contributed by atoms with van der Waals surface area (Å²) in [6.07, 6.45) is -1.62. The molecular formula is C18H14F3N3O3. The van der Waals surface area contributed by atoms with E-state index in [1.165, 1.54) is 29.5 Å². The molecule has 0 saturated carbocycles. The highest BCUT2D eigenvalue weighted by molar-refractivity contribution is 6.01. The third-order valence-electron chi connectivity index (χ3n) is 3.87. The van der Waals surface area contributed by atoms with Crippen molar-refractivity contribution in [2.45, 2.75) is 13.1 Å². The van der Waals surface area contributed by atoms with Gasteiger partial charge < -0.3 is 14.2 Å². The number of oxazole rings is 1. The minimum Gasteiger partial charge on any atom is -0.443 e. The highest BCUT2D eigenvalue weighted by Gasteiger charge is 2.36. The van der Waals surface area contributed by atoms with E-state index in [4.69, 9.17) is 9.25 Å². The molecule has 0 radical (unpaired) electrons. The molecular weight excluding hydrogens is 363 g/mol. The number of benzene rings is 1. The summed E-state index contributed by atoms with van der Waals surface area (Å²) in [5.41, 5.74) is -0.412. The zero-order valence-electron chi connectivity index (χ0n) is 14.2. The van der Waals surface area contributed by atoms with Gasteiger partial charge >= 0.3 is 6.18 Å². The Kier molecular flexibility index (Phi) is 5.16. The van der Waals surface area contributed by atoms with Crippen molar-refractivity contribution in [1.29, 1.82) is 0 Å². The Labute approximate surface area is 152 Å². The predicted molar refractivity (Wildman–Crippen MR) is 88.6 cm³/mol. The fraction of sp³-hybridized carbons (Fsp3) is 0.278. The standard InChI is InChI=1S/C18H14F3N3O3/c1-2-3-15(25)24-10-12(11-24)16(17-22-8-9-26-17)23-27-14-6-4-13(5-7-14)18(19,20)21/h4-9,12H,10-11H2,1H3. The SMILES string of the molecule is CC#CC(=O)N1CC(C(=NOc2ccc(C(F)(F)F)cc2)c2ncco2)C1. The van der Waals surface area contributed by atoms with Crippen molar-refractivity contribution in [1.82, 2.24) is 9.88 Å². The second-order valence-electron chi connectivity index (χ2n) is 5.71. The van der Waals surface area contributed by atoms with Crippen LogP contribution in [0.5, 0.6) is 5.75 Å². The Morgan fingerprint density at radius 3 is 2.59 bits per heavy atom. The van der Waals surface area contributed by atoms with E-state index < -0.39 is 11.7 Å². The lowest BCUT2D eigenvalue weighted by Crippen LogP contribution is -2.53. The summed E-state index contributed by atoms with van der Waals surface area (Å²) >= 11 is 0. The molecule has 140 valence electrons. The van der Waals surface area contributed by atoms with Gasteiger partial charge in [0.15, 0.2) is 5.75 Å². The molecule has 9 heteroatoms. The number of nitrogens with zero attached hydrogens (tertiary/aromatic N) is 3. The molecule has 1 fully saturated rings. The number of hydrogen-bond acceptors (Lipinski definition) is 5. The van der Waals surface area contributed by atoms with Crippen LogP contribution in [0, 0.1) is 17.8 Å². The largest absolute Gasteiger partial charge is 0.443 e. The molecule has 1 amide bonds. The highest BCUT2D eigenvalue weighted by Crippen LogP contribution is 2.30. The molecule has 6 nitrogen and oxygen atoms in total. The smallest absolute Gasteiger partial charge is 0.416 e. The van der Waals surface area contributed by atoms with Crippen LogP contribution in [-0.4, -0.2) is 34.6 Å². The van der Waals surface area contributed by atoms with Gasteiger partial charge in [-0.15, -0.1) is 0 Å². The van der Waals surface area contributed by atoms with E-state index in [1.807, 2.05) is 0 Å². The van der Waals surface area contributed by atoms with E-state index in [0.29, 0.717) is 18.8 Å². The number of likely N-dealkylation sites (tertiary alicyclic amines) is 1. The fourth-order valence-electron chi connectivity index (χ4n) is 2.45. The maximum absolute atomic E-state index is 12.6. The van der Waals surface area contributed by atoms with E-state index >= 15 is 0 Å². The van der Waals surface area contributed by atoms with Crippen molar-refractivity contribution in [2.24, 2.45) is 11.1 Å². The summed E-state index contributed by atoms with van der Waals surface area (Å²) in [4.78, 5) is 22.5. The molecule has 0 unspecified atom stereocenters. The van der Waals surface area contributed by atoms with Gasteiger partial charge in [-0.1, -0.05) is 11.1 Å². The number of aromatic nitrogens is 1. The van der Waals surface area contributed by atoms with Crippen LogP contribution in [0.4, 0.5) is 13.2 Å². The summed E-state index contributed by atoms with van der Waals surface area (Å²) < 4.78 is 43.1. The quantitative estimate of drug-likeness (QED) is 0.467. The number of carbonyl (C=O) groups is 1. The number of hydrogen-bond donors (Lipinski definition) is 0. The zero-order chi connectivity index (χ0) is 19.4. The second-order valence-corrected chi connectivity index (χ2v) is 5.71. The first kappa shape index (κ1) is 18.5. The Morgan fingerprint density at radius 2 is 2.04 bits per heavy atom. The Hall–Kier alpha value is -3.28. The van der Waals surface area contributed by atoms with E-state index in [1.54, 1.807) is 6.92 Å². The van der Waals surface area contributed by atoms with Crippen molar-refractivity contribution in [3.8, 4) is 17.6 Å². The molecule has 0 atom stereocenters. The van der Waals surface area contributed by atoms with Gasteiger partial charge in [-0.25, -0.2) is 4.98 Å². The van der Waals surface area contributed by atoms with Gasteiger partial charge in [0.1, 0.15) is 12.0 Å². The number of carbonyl (C=O) groups excluding carboxylic acids is 1. The van der Waals surface area contributed by atoms with Crippen molar-refractivity contribution in [2.75, 3.05) is 13.1 Å². The molecule has 0 aliphatic carbocycles. The number of oxime groups is 1. The van der Waals surface area contributed by atoms with Crippen LogP contribution in [0.1, 0.15) is 18.4 Å². The van der Waals surface area contributed by atoms with E-state index in [-0.39, 0.29) is 23.5 Å². The number of alkyl halides is 3. The van der Waals surface area contributed by atoms with E-state index in [0.717, 1.165) is 12.1 Å². The highest BCUT2D eigenvalue weighted by atomic mass is 19.4. The van der Waals surface area contributed by atoms with Crippen molar-refractivity contribution < 1.29 is 27.2 Å². The van der Waals surface area contributed by atoms with Gasteiger partial charge in [-0.2, -0.15) is 13.2 Å². The fourth-order valence-corrected chi connectivity index (χ4v) is 2.45. The summed E-state index contributed by atoms with van der Waals surface area (Å²) in [6.45, 7) is 2.31. The lowest BCUT2D eigenvalue weighted by Gasteiger charge is -2.37. The Balaban J connectivity index is 1.73. The third kappa shape index (κ3) is 4.28. The maximum atomic E-state index is 12.6. The van der Waals surface area contributed by atoms with Gasteiger partial charge in [0.05, 0.1) is 11.8 Å². The summed E-state index contributed by atoms with van der Waals surface area (Å²) in [6, 6.07) is 4.16. The molecule has 0 N–H and O–H groups in total. The minimum atomic E-state index is -4.42. The van der Waals surface area contributed by atoms with Crippen LogP contribution in [-0.2, 0) is 11.0 Å². The first-order valence-electron chi connectivity index (χ1n) is 7.92. The monoisotopic (exact) mass is 377 g/mol. The second kappa shape index (κ2) is 7.53. The predicted octanol–water partition coefficient (Wildman–Crippen LogP) is 2.96. The lowest BCUT2D eigenvalue weighted by molar-refractivity contribution is -0.137. The first-order valence-corrected chi connectivity index (χ1v) is 7.92. The molecule has 1 aromatic carbocycles. The van der Waals surface area contributed by atoms with E-state index in [2.05, 4.69) is 22.0 Å². The summed E-state index contributed by atoms with van der Waals surface area (Å²) in [5, 5.41) is 4.00. The number of amides is 1. The van der Waals surface area contributed by atoms with Gasteiger partial charge in [0, 0.05) is 19.0 Å². The topological polar surface area (TPSA) is 67.9 Å². The third-order valence-corrected chi connectivity index (χ3v) is 3.87. The normalized spacial score (nSPS) is 15.0. The van der Waals surface area contributed by atoms with Gasteiger partial charge in [0.2, 0.25) is 5.89 Å². The van der Waals surface area contributed by atoms with Crippen LogP contribution in [0.3, 0.4) is 0 Å². The Bertz CT molecular complexity index is 888. The van der Waals surface area contributed by atoms with Crippen LogP contribution in [0.15, 0.2) is 46.3 Å². The molecule has 0 bridgehead atoms. The van der Waals surface area contributed by atoms with Crippen LogP contribution < -0.4 is 4.84 Å². The van der Waals surface area contributed by atoms with Crippen LogP contribution >= 0.6 is 0 Å². The average molecular weight is 377 g/mol. The van der Waals surface area contributed by atoms with Crippen LogP contribution in [0.25, 0.3) is 0 Å². The molecule has 2 heterocycles. The molecule has 2 aromatic rings. The Morgan fingerprint density at radius 1 is 1.33 bits per heavy atom. The van der Waals surface area contributed by atoms with Crippen molar-refractivity contribution in [3.63, 3.8) is 0 Å². The van der Waals surface area contributed by atoms with Gasteiger partial charge in [-0.05, 0) is 37.1 Å². The van der Waals surface area contributed by atoms with Crippen molar-refractivity contribution >= 4 is 11.6 Å². The van der Waals surface area contributed by atoms with Gasteiger partial charge in [0.25, 0.3) is 5.91 Å². The molecule has 3 rings (SSSR count).